The second-order valence-electron chi connectivity index (χ2n) is 2.66. The van der Waals surface area contributed by atoms with E-state index in [-0.39, 0.29) is 11.1 Å². The van der Waals surface area contributed by atoms with Gasteiger partial charge in [-0.3, -0.25) is 0 Å². The van der Waals surface area contributed by atoms with Crippen molar-refractivity contribution in [3.63, 3.8) is 0 Å². The quantitative estimate of drug-likeness (QED) is 0.387. The van der Waals surface area contributed by atoms with Gasteiger partial charge in [0.2, 0.25) is 0 Å². The van der Waals surface area contributed by atoms with Crippen molar-refractivity contribution < 1.29 is 23.8 Å². The molecule has 15 heavy (non-hydrogen) atoms. The van der Waals surface area contributed by atoms with E-state index in [1.54, 1.807) is 0 Å². The van der Waals surface area contributed by atoms with Crippen molar-refractivity contribution in [1.29, 1.82) is 0 Å². The fraction of sp³-hybridized carbons (Fsp3) is 0.222. The highest BCUT2D eigenvalue weighted by Gasteiger charge is 2.16. The maximum absolute atomic E-state index is 11.1. The topological polar surface area (TPSA) is 79.5 Å². The molecule has 6 nitrogen and oxygen atoms in total. The zero-order valence-electron chi connectivity index (χ0n) is 8.22. The summed E-state index contributed by atoms with van der Waals surface area (Å²) in [5.74, 6) is -1.38. The molecule has 1 rings (SSSR count). The molecular formula is C9H9NO5. The van der Waals surface area contributed by atoms with Crippen LogP contribution in [0.4, 0.5) is 0 Å². The fourth-order valence-electron chi connectivity index (χ4n) is 1.01. The number of esters is 2. The van der Waals surface area contributed by atoms with E-state index in [4.69, 9.17) is 0 Å². The number of nitrogens with zero attached hydrogens (tertiary/aromatic N) is 1. The van der Waals surface area contributed by atoms with E-state index in [0.29, 0.717) is 4.73 Å². The minimum absolute atomic E-state index is 0.00426. The summed E-state index contributed by atoms with van der Waals surface area (Å²) in [5, 5.41) is 11.1. The number of hydrogen-bond donors (Lipinski definition) is 0. The first-order chi connectivity index (χ1) is 7.08. The Kier molecular flexibility index (Phi) is 3.22. The number of carbonyl (C=O) groups is 2. The van der Waals surface area contributed by atoms with Crippen molar-refractivity contribution in [2.75, 3.05) is 14.2 Å². The van der Waals surface area contributed by atoms with Gasteiger partial charge in [0, 0.05) is 0 Å². The molecule has 1 aromatic rings. The van der Waals surface area contributed by atoms with Crippen LogP contribution >= 0.6 is 0 Å². The van der Waals surface area contributed by atoms with Gasteiger partial charge in [-0.05, 0) is 6.07 Å². The van der Waals surface area contributed by atoms with Gasteiger partial charge in [-0.2, -0.15) is 4.73 Å². The molecule has 6 heteroatoms. The van der Waals surface area contributed by atoms with Crippen LogP contribution in [-0.2, 0) is 9.47 Å². The molecule has 80 valence electrons. The van der Waals surface area contributed by atoms with E-state index >= 15 is 0 Å². The Bertz CT molecular complexity index is 367. The third kappa shape index (κ3) is 2.43. The third-order valence-electron chi connectivity index (χ3n) is 1.69. The van der Waals surface area contributed by atoms with Crippen LogP contribution in [0.15, 0.2) is 18.5 Å². The van der Waals surface area contributed by atoms with E-state index in [0.717, 1.165) is 12.4 Å². The van der Waals surface area contributed by atoms with Crippen molar-refractivity contribution in [1.82, 2.24) is 0 Å². The number of ether oxygens (including phenoxy) is 2. The highest BCUT2D eigenvalue weighted by Crippen LogP contribution is 2.04. The summed E-state index contributed by atoms with van der Waals surface area (Å²) in [6.45, 7) is 0. The summed E-state index contributed by atoms with van der Waals surface area (Å²) in [6, 6.07) is 1.23. The van der Waals surface area contributed by atoms with Crippen LogP contribution in [0, 0.1) is 5.21 Å². The van der Waals surface area contributed by atoms with E-state index in [9.17, 15) is 14.8 Å². The molecule has 0 aliphatic carbocycles. The summed E-state index contributed by atoms with van der Waals surface area (Å²) >= 11 is 0. The Morgan fingerprint density at radius 1 is 1.13 bits per heavy atom. The summed E-state index contributed by atoms with van der Waals surface area (Å²) in [4.78, 5) is 22.2. The second kappa shape index (κ2) is 4.41. The molecule has 0 aliphatic heterocycles. The number of rotatable bonds is 2. The van der Waals surface area contributed by atoms with E-state index < -0.39 is 11.9 Å². The normalized spacial score (nSPS) is 9.47. The van der Waals surface area contributed by atoms with Crippen molar-refractivity contribution in [3.05, 3.63) is 34.8 Å². The second-order valence-corrected chi connectivity index (χ2v) is 2.66. The number of methoxy groups -OCH3 is 2. The Hall–Kier alpha value is -2.11. The van der Waals surface area contributed by atoms with Gasteiger partial charge < -0.3 is 14.7 Å². The molecule has 0 aromatic carbocycles. The summed E-state index contributed by atoms with van der Waals surface area (Å²) in [6.07, 6.45) is 2.02. The van der Waals surface area contributed by atoms with Crippen molar-refractivity contribution in [2.45, 2.75) is 0 Å². The van der Waals surface area contributed by atoms with Crippen LogP contribution in [0.25, 0.3) is 0 Å². The van der Waals surface area contributed by atoms with Gasteiger partial charge in [0.05, 0.1) is 14.2 Å². The zero-order chi connectivity index (χ0) is 11.4. The summed E-state index contributed by atoms with van der Waals surface area (Å²) in [7, 11) is 2.37. The number of carbonyl (C=O) groups excluding carboxylic acids is 2. The first kappa shape index (κ1) is 11.0. The van der Waals surface area contributed by atoms with Crippen LogP contribution in [0.5, 0.6) is 0 Å². The minimum Gasteiger partial charge on any atom is -0.619 e. The molecule has 0 saturated carbocycles. The van der Waals surface area contributed by atoms with E-state index in [1.807, 2.05) is 0 Å². The molecule has 0 amide bonds. The summed E-state index contributed by atoms with van der Waals surface area (Å²) < 4.78 is 9.18. The Labute approximate surface area is 85.6 Å². The Balaban J connectivity index is 3.16. The molecule has 1 heterocycles. The molecule has 1 aromatic heterocycles. The molecule has 0 bridgehead atoms. The largest absolute Gasteiger partial charge is 0.619 e. The van der Waals surface area contributed by atoms with Crippen LogP contribution < -0.4 is 4.73 Å². The maximum atomic E-state index is 11.1. The highest BCUT2D eigenvalue weighted by atomic mass is 16.5. The van der Waals surface area contributed by atoms with Gasteiger partial charge in [-0.15, -0.1) is 0 Å². The van der Waals surface area contributed by atoms with Gasteiger partial charge in [0.25, 0.3) is 0 Å². The van der Waals surface area contributed by atoms with Gasteiger partial charge in [0.15, 0.2) is 12.4 Å². The molecule has 0 unspecified atom stereocenters. The van der Waals surface area contributed by atoms with E-state index in [1.165, 1.54) is 20.3 Å². The van der Waals surface area contributed by atoms with Gasteiger partial charge in [-0.25, -0.2) is 9.59 Å². The van der Waals surface area contributed by atoms with Crippen LogP contribution in [-0.4, -0.2) is 26.2 Å². The molecule has 0 radical (unpaired) electrons. The first-order valence-electron chi connectivity index (χ1n) is 3.99. The SMILES string of the molecule is COC(=O)c1cc(C(=O)OC)c[n+]([O-])c1. The van der Waals surface area contributed by atoms with Crippen molar-refractivity contribution in [3.8, 4) is 0 Å². The van der Waals surface area contributed by atoms with Crippen LogP contribution in [0.2, 0.25) is 0 Å². The standard InChI is InChI=1S/C9H9NO5/c1-14-8(11)6-3-7(9(12)15-2)5-10(13)4-6/h3-5H,1-2H3. The predicted octanol–water partition coefficient (Wildman–Crippen LogP) is -0.107. The van der Waals surface area contributed by atoms with Gasteiger partial charge >= 0.3 is 11.9 Å². The molecule has 0 saturated heterocycles. The van der Waals surface area contributed by atoms with Crippen LogP contribution in [0.3, 0.4) is 0 Å². The molecule has 0 atom stereocenters. The Morgan fingerprint density at radius 2 is 1.53 bits per heavy atom. The van der Waals surface area contributed by atoms with Crippen molar-refractivity contribution >= 4 is 11.9 Å². The number of hydrogen-bond acceptors (Lipinski definition) is 5. The first-order valence-corrected chi connectivity index (χ1v) is 3.99. The fourth-order valence-corrected chi connectivity index (χ4v) is 1.01. The summed E-state index contributed by atoms with van der Waals surface area (Å²) in [5.41, 5.74) is -0.00852. The minimum atomic E-state index is -0.689. The van der Waals surface area contributed by atoms with Crippen LogP contribution in [0.1, 0.15) is 20.7 Å². The molecular weight excluding hydrogens is 202 g/mol. The third-order valence-corrected chi connectivity index (χ3v) is 1.69. The predicted molar refractivity (Wildman–Crippen MR) is 48.1 cm³/mol. The number of aromatic nitrogens is 1. The molecule has 0 N–H and O–H groups in total. The lowest BCUT2D eigenvalue weighted by atomic mass is 10.2. The molecule has 0 spiro atoms. The van der Waals surface area contributed by atoms with Crippen molar-refractivity contribution in [2.24, 2.45) is 0 Å². The average molecular weight is 211 g/mol. The smallest absolute Gasteiger partial charge is 0.344 e. The monoisotopic (exact) mass is 211 g/mol. The lowest BCUT2D eigenvalue weighted by Gasteiger charge is -2.03. The zero-order valence-corrected chi connectivity index (χ0v) is 8.22. The molecule has 0 aliphatic rings. The van der Waals surface area contributed by atoms with Gasteiger partial charge in [0.1, 0.15) is 11.1 Å². The number of pyridine rings is 1. The average Bonchev–Trinajstić information content (AvgIpc) is 2.26. The lowest BCUT2D eigenvalue weighted by Crippen LogP contribution is -2.28. The maximum Gasteiger partial charge on any atom is 0.344 e. The Morgan fingerprint density at radius 3 is 1.87 bits per heavy atom. The van der Waals surface area contributed by atoms with E-state index in [2.05, 4.69) is 9.47 Å². The van der Waals surface area contributed by atoms with Gasteiger partial charge in [-0.1, -0.05) is 0 Å². The molecule has 0 fully saturated rings. The lowest BCUT2D eigenvalue weighted by molar-refractivity contribution is -0.605. The highest BCUT2D eigenvalue weighted by molar-refractivity contribution is 5.94.